The summed E-state index contributed by atoms with van der Waals surface area (Å²) in [6.07, 6.45) is 33.2. The molecule has 0 aromatic carbocycles. The average molecular weight is 439 g/mol. The highest BCUT2D eigenvalue weighted by Crippen LogP contribution is 2.31. The van der Waals surface area contributed by atoms with Gasteiger partial charge in [-0.1, -0.05) is 142 Å². The summed E-state index contributed by atoms with van der Waals surface area (Å²) >= 11 is 0. The summed E-state index contributed by atoms with van der Waals surface area (Å²) in [5.41, 5.74) is 0. The second kappa shape index (κ2) is 21.0. The van der Waals surface area contributed by atoms with Gasteiger partial charge in [0.25, 0.3) is 0 Å². The van der Waals surface area contributed by atoms with Crippen molar-refractivity contribution in [2.75, 3.05) is 6.61 Å². The van der Waals surface area contributed by atoms with Gasteiger partial charge in [0.1, 0.15) is 0 Å². The van der Waals surface area contributed by atoms with E-state index in [1.807, 2.05) is 0 Å². The van der Waals surface area contributed by atoms with Crippen molar-refractivity contribution in [2.24, 2.45) is 0 Å². The number of unbranched alkanes of at least 4 members (excludes halogenated alkanes) is 17. The Hall–Kier alpha value is 0.177. The number of rotatable bonds is 22. The molecule has 1 nitrogen and oxygen atoms in total. The topological polar surface area (TPSA) is 9.23 Å². The summed E-state index contributed by atoms with van der Waals surface area (Å²) < 4.78 is 6.47. The molecule has 30 heavy (non-hydrogen) atoms. The van der Waals surface area contributed by atoms with Gasteiger partial charge in [-0.25, -0.2) is 0 Å². The Labute approximate surface area is 193 Å². The van der Waals surface area contributed by atoms with E-state index < -0.39 is 0 Å². The maximum Gasteiger partial charge on any atom is 0.0595 e. The van der Waals surface area contributed by atoms with Crippen molar-refractivity contribution in [3.63, 3.8) is 0 Å². The molecule has 1 saturated heterocycles. The van der Waals surface area contributed by atoms with Gasteiger partial charge in [-0.2, -0.15) is 0 Å². The Morgan fingerprint density at radius 2 is 1.03 bits per heavy atom. The van der Waals surface area contributed by atoms with Gasteiger partial charge in [0.2, 0.25) is 0 Å². The van der Waals surface area contributed by atoms with Gasteiger partial charge in [0, 0.05) is 6.61 Å². The van der Waals surface area contributed by atoms with Crippen LogP contribution in [0.25, 0.3) is 0 Å². The average Bonchev–Trinajstić information content (AvgIpc) is 2.77. The van der Waals surface area contributed by atoms with Crippen LogP contribution in [-0.2, 0) is 4.74 Å². The van der Waals surface area contributed by atoms with Crippen molar-refractivity contribution in [1.29, 1.82) is 0 Å². The fourth-order valence-electron chi connectivity index (χ4n) is 5.30. The largest absolute Gasteiger partial charge is 0.379 e. The lowest BCUT2D eigenvalue weighted by Gasteiger charge is -2.38. The molecule has 1 atom stereocenters. The summed E-state index contributed by atoms with van der Waals surface area (Å²) in [6.45, 7) is 5.68. The molecular weight excluding hydrogens is 380 g/mol. The standard InChI is InChI=1S/C28H58OSi/c1-3-5-7-9-10-11-12-13-14-15-16-17-18-20-24-28(25-21-22-26-29-28)30-27-23-19-8-6-4-2/h3-27,30H2,1-2H3. The molecule has 1 heterocycles. The molecule has 0 aromatic rings. The van der Waals surface area contributed by atoms with E-state index in [4.69, 9.17) is 4.74 Å². The first-order valence-electron chi connectivity index (χ1n) is 14.5. The van der Waals surface area contributed by atoms with Crippen LogP contribution >= 0.6 is 0 Å². The van der Waals surface area contributed by atoms with Crippen LogP contribution in [0.4, 0.5) is 0 Å². The quantitative estimate of drug-likeness (QED) is 0.121. The minimum atomic E-state index is -0.0610. The van der Waals surface area contributed by atoms with Gasteiger partial charge < -0.3 is 4.74 Å². The third-order valence-corrected chi connectivity index (χ3v) is 10.1. The van der Waals surface area contributed by atoms with Crippen molar-refractivity contribution in [1.82, 2.24) is 0 Å². The molecule has 2 heteroatoms. The molecule has 0 amide bonds. The fraction of sp³-hybridized carbons (Fsp3) is 1.00. The number of ether oxygens (including phenoxy) is 1. The first kappa shape index (κ1) is 28.2. The maximum absolute atomic E-state index is 6.47. The summed E-state index contributed by atoms with van der Waals surface area (Å²) in [5, 5.41) is 0.403. The Balaban J connectivity index is 1.96. The van der Waals surface area contributed by atoms with Gasteiger partial charge in [0.15, 0.2) is 0 Å². The van der Waals surface area contributed by atoms with E-state index in [1.54, 1.807) is 0 Å². The van der Waals surface area contributed by atoms with E-state index in [0.717, 1.165) is 6.61 Å². The molecule has 1 aliphatic rings. The Morgan fingerprint density at radius 3 is 1.50 bits per heavy atom. The zero-order valence-electron chi connectivity index (χ0n) is 21.3. The second-order valence-corrected chi connectivity index (χ2v) is 12.8. The molecular formula is C28H58OSi. The Kier molecular flexibility index (Phi) is 19.8. The lowest BCUT2D eigenvalue weighted by molar-refractivity contribution is -0.0270. The van der Waals surface area contributed by atoms with Crippen molar-refractivity contribution in [2.45, 2.75) is 173 Å². The molecule has 0 aliphatic carbocycles. The molecule has 1 fully saturated rings. The van der Waals surface area contributed by atoms with E-state index in [2.05, 4.69) is 13.8 Å². The first-order valence-corrected chi connectivity index (χ1v) is 16.2. The Morgan fingerprint density at radius 1 is 0.567 bits per heavy atom. The molecule has 1 rings (SSSR count). The third kappa shape index (κ3) is 15.9. The van der Waals surface area contributed by atoms with Crippen LogP contribution in [0.2, 0.25) is 6.04 Å². The van der Waals surface area contributed by atoms with E-state index in [1.165, 1.54) is 154 Å². The summed E-state index contributed by atoms with van der Waals surface area (Å²) in [7, 11) is -0.0610. The molecule has 1 aliphatic heterocycles. The van der Waals surface area contributed by atoms with Gasteiger partial charge in [-0.05, 0) is 25.7 Å². The SMILES string of the molecule is CCCCCCCCCCCCCCCCC1([SiH2]CCCCCCC)CCCCO1. The highest BCUT2D eigenvalue weighted by atomic mass is 28.2. The lowest BCUT2D eigenvalue weighted by Crippen LogP contribution is -2.42. The molecule has 0 N–H and O–H groups in total. The maximum atomic E-state index is 6.47. The van der Waals surface area contributed by atoms with E-state index in [-0.39, 0.29) is 9.52 Å². The van der Waals surface area contributed by atoms with Crippen LogP contribution in [0, 0.1) is 0 Å². The van der Waals surface area contributed by atoms with Crippen molar-refractivity contribution in [3.05, 3.63) is 0 Å². The summed E-state index contributed by atoms with van der Waals surface area (Å²) in [6, 6.07) is 1.53. The first-order chi connectivity index (χ1) is 14.8. The highest BCUT2D eigenvalue weighted by Gasteiger charge is 2.32. The van der Waals surface area contributed by atoms with Gasteiger partial charge in [-0.3, -0.25) is 0 Å². The summed E-state index contributed by atoms with van der Waals surface area (Å²) in [4.78, 5) is 0. The highest BCUT2D eigenvalue weighted by molar-refractivity contribution is 6.39. The molecule has 0 aromatic heterocycles. The molecule has 0 bridgehead atoms. The molecule has 0 saturated carbocycles. The van der Waals surface area contributed by atoms with E-state index >= 15 is 0 Å². The van der Waals surface area contributed by atoms with Crippen molar-refractivity contribution in [3.8, 4) is 0 Å². The van der Waals surface area contributed by atoms with Gasteiger partial charge in [-0.15, -0.1) is 0 Å². The number of hydrogen-bond donors (Lipinski definition) is 0. The smallest absolute Gasteiger partial charge is 0.0595 e. The molecule has 0 radical (unpaired) electrons. The monoisotopic (exact) mass is 438 g/mol. The zero-order valence-corrected chi connectivity index (χ0v) is 22.7. The summed E-state index contributed by atoms with van der Waals surface area (Å²) in [5.74, 6) is 0. The number of hydrogen-bond acceptors (Lipinski definition) is 1. The van der Waals surface area contributed by atoms with Gasteiger partial charge in [0.05, 0.1) is 14.7 Å². The van der Waals surface area contributed by atoms with Crippen molar-refractivity contribution < 1.29 is 4.74 Å². The van der Waals surface area contributed by atoms with Gasteiger partial charge >= 0.3 is 0 Å². The molecule has 0 spiro atoms. The Bertz CT molecular complexity index is 338. The molecule has 1 unspecified atom stereocenters. The zero-order chi connectivity index (χ0) is 21.6. The minimum Gasteiger partial charge on any atom is -0.379 e. The van der Waals surface area contributed by atoms with Crippen molar-refractivity contribution >= 4 is 9.52 Å². The molecule has 180 valence electrons. The van der Waals surface area contributed by atoms with E-state index in [9.17, 15) is 0 Å². The van der Waals surface area contributed by atoms with Crippen LogP contribution in [0.15, 0.2) is 0 Å². The fourth-order valence-corrected chi connectivity index (χ4v) is 7.84. The third-order valence-electron chi connectivity index (χ3n) is 7.41. The predicted molar refractivity (Wildman–Crippen MR) is 140 cm³/mol. The van der Waals surface area contributed by atoms with Crippen LogP contribution < -0.4 is 0 Å². The lowest BCUT2D eigenvalue weighted by atomic mass is 10.0. The van der Waals surface area contributed by atoms with Crippen LogP contribution in [0.1, 0.15) is 162 Å². The second-order valence-electron chi connectivity index (χ2n) is 10.4. The van der Waals surface area contributed by atoms with Crippen LogP contribution in [-0.4, -0.2) is 21.4 Å². The van der Waals surface area contributed by atoms with E-state index in [0.29, 0.717) is 5.22 Å². The van der Waals surface area contributed by atoms with Crippen LogP contribution in [0.5, 0.6) is 0 Å². The normalized spacial score (nSPS) is 19.8. The van der Waals surface area contributed by atoms with Crippen LogP contribution in [0.3, 0.4) is 0 Å². The minimum absolute atomic E-state index is 0.0610. The predicted octanol–water partition coefficient (Wildman–Crippen LogP) is 9.31.